The maximum Gasteiger partial charge on any atom is 0.244 e. The minimum atomic E-state index is -0.182. The van der Waals surface area contributed by atoms with E-state index in [0.29, 0.717) is 6.04 Å². The van der Waals surface area contributed by atoms with Crippen molar-refractivity contribution in [2.75, 3.05) is 32.7 Å². The Bertz CT molecular complexity index is 557. The first kappa shape index (κ1) is 19.9. The van der Waals surface area contributed by atoms with Crippen LogP contribution in [-0.2, 0) is 10.2 Å². The second-order valence-electron chi connectivity index (χ2n) is 8.14. The summed E-state index contributed by atoms with van der Waals surface area (Å²) in [6.45, 7) is 17.2. The third kappa shape index (κ3) is 4.83. The van der Waals surface area contributed by atoms with Crippen LogP contribution >= 0.6 is 0 Å². The molecule has 4 nitrogen and oxygen atoms in total. The number of piperazine rings is 1. The number of nitrogens with zero attached hydrogens (tertiary/aromatic N) is 2. The molecule has 0 radical (unpaired) electrons. The molecule has 25 heavy (non-hydrogen) atoms. The van der Waals surface area contributed by atoms with Crippen molar-refractivity contribution < 1.29 is 4.79 Å². The third-order valence-electron chi connectivity index (χ3n) is 5.17. The Morgan fingerprint density at radius 3 is 2.32 bits per heavy atom. The highest BCUT2D eigenvalue weighted by atomic mass is 16.2. The normalized spacial score (nSPS) is 20.3. The van der Waals surface area contributed by atoms with E-state index < -0.39 is 0 Å². The zero-order chi connectivity index (χ0) is 18.6. The highest BCUT2D eigenvalue weighted by molar-refractivity contribution is 5.83. The lowest BCUT2D eigenvalue weighted by molar-refractivity contribution is -0.137. The molecule has 140 valence electrons. The third-order valence-corrected chi connectivity index (χ3v) is 5.17. The zero-order valence-corrected chi connectivity index (χ0v) is 16.8. The Morgan fingerprint density at radius 2 is 1.84 bits per heavy atom. The number of amides is 1. The van der Waals surface area contributed by atoms with E-state index in [4.69, 9.17) is 0 Å². The molecule has 0 saturated carbocycles. The van der Waals surface area contributed by atoms with Gasteiger partial charge in [0, 0.05) is 38.8 Å². The highest BCUT2D eigenvalue weighted by Crippen LogP contribution is 2.28. The standard InChI is InChI=1S/C21H35N3O/c1-7-23(8-2)20(25)19(24-14-13-22-16(3)15-24)17-9-11-18(12-10-17)21(4,5)6/h9-12,16,19,22H,7-8,13-15H2,1-6H3. The van der Waals surface area contributed by atoms with Crippen LogP contribution in [0.2, 0.25) is 0 Å². The molecule has 1 aromatic carbocycles. The van der Waals surface area contributed by atoms with Crippen LogP contribution in [0.4, 0.5) is 0 Å². The van der Waals surface area contributed by atoms with E-state index in [-0.39, 0.29) is 17.4 Å². The first-order chi connectivity index (χ1) is 11.8. The molecule has 1 aromatic rings. The largest absolute Gasteiger partial charge is 0.342 e. The summed E-state index contributed by atoms with van der Waals surface area (Å²) >= 11 is 0. The lowest BCUT2D eigenvalue weighted by Crippen LogP contribution is -2.53. The molecule has 2 atom stereocenters. The molecule has 1 aliphatic rings. The zero-order valence-electron chi connectivity index (χ0n) is 16.8. The molecule has 0 spiro atoms. The van der Waals surface area contributed by atoms with Gasteiger partial charge in [0.05, 0.1) is 0 Å². The van der Waals surface area contributed by atoms with E-state index in [1.807, 2.05) is 4.90 Å². The summed E-state index contributed by atoms with van der Waals surface area (Å²) in [5.41, 5.74) is 2.54. The molecule has 2 rings (SSSR count). The van der Waals surface area contributed by atoms with Crippen molar-refractivity contribution in [1.29, 1.82) is 0 Å². The average Bonchev–Trinajstić information content (AvgIpc) is 2.56. The molecule has 0 bridgehead atoms. The Hall–Kier alpha value is -1.39. The van der Waals surface area contributed by atoms with Gasteiger partial charge in [0.1, 0.15) is 6.04 Å². The maximum absolute atomic E-state index is 13.3. The molecular formula is C21H35N3O. The number of rotatable bonds is 5. The van der Waals surface area contributed by atoms with Crippen molar-refractivity contribution in [3.63, 3.8) is 0 Å². The summed E-state index contributed by atoms with van der Waals surface area (Å²) < 4.78 is 0. The summed E-state index contributed by atoms with van der Waals surface area (Å²) in [5.74, 6) is 0.225. The topological polar surface area (TPSA) is 35.6 Å². The SMILES string of the molecule is CCN(CC)C(=O)C(c1ccc(C(C)(C)C)cc1)N1CCNC(C)C1. The molecule has 1 amide bonds. The van der Waals surface area contributed by atoms with Crippen LogP contribution in [0.15, 0.2) is 24.3 Å². The van der Waals surface area contributed by atoms with Gasteiger partial charge in [-0.05, 0) is 37.3 Å². The number of carbonyl (C=O) groups excluding carboxylic acids is 1. The molecule has 0 aliphatic carbocycles. The number of benzene rings is 1. The summed E-state index contributed by atoms with van der Waals surface area (Å²) in [4.78, 5) is 17.6. The van der Waals surface area contributed by atoms with Crippen molar-refractivity contribution >= 4 is 5.91 Å². The van der Waals surface area contributed by atoms with Crippen LogP contribution in [-0.4, -0.2) is 54.5 Å². The van der Waals surface area contributed by atoms with E-state index in [1.165, 1.54) is 5.56 Å². The Morgan fingerprint density at radius 1 is 1.24 bits per heavy atom. The van der Waals surface area contributed by atoms with E-state index in [9.17, 15) is 4.79 Å². The minimum absolute atomic E-state index is 0.125. The summed E-state index contributed by atoms with van der Waals surface area (Å²) in [7, 11) is 0. The van der Waals surface area contributed by atoms with E-state index in [0.717, 1.165) is 38.3 Å². The van der Waals surface area contributed by atoms with Crippen LogP contribution in [0.1, 0.15) is 58.7 Å². The van der Waals surface area contributed by atoms with Crippen molar-refractivity contribution in [3.05, 3.63) is 35.4 Å². The lowest BCUT2D eigenvalue weighted by Gasteiger charge is -2.39. The number of carbonyl (C=O) groups is 1. The molecular weight excluding hydrogens is 310 g/mol. The van der Waals surface area contributed by atoms with E-state index in [2.05, 4.69) is 76.0 Å². The molecule has 1 N–H and O–H groups in total. The van der Waals surface area contributed by atoms with Crippen LogP contribution in [0.3, 0.4) is 0 Å². The number of likely N-dealkylation sites (N-methyl/N-ethyl adjacent to an activating group) is 1. The minimum Gasteiger partial charge on any atom is -0.342 e. The average molecular weight is 346 g/mol. The predicted octanol–water partition coefficient (Wildman–Crippen LogP) is 3.19. The Balaban J connectivity index is 2.35. The van der Waals surface area contributed by atoms with Crippen LogP contribution in [0, 0.1) is 0 Å². The first-order valence-corrected chi connectivity index (χ1v) is 9.64. The quantitative estimate of drug-likeness (QED) is 0.890. The van der Waals surface area contributed by atoms with Gasteiger partial charge in [0.2, 0.25) is 5.91 Å². The smallest absolute Gasteiger partial charge is 0.244 e. The Kier molecular flexibility index (Phi) is 6.64. The fraction of sp³-hybridized carbons (Fsp3) is 0.667. The number of nitrogens with one attached hydrogen (secondary N) is 1. The molecule has 2 unspecified atom stereocenters. The molecule has 1 aliphatic heterocycles. The first-order valence-electron chi connectivity index (χ1n) is 9.64. The fourth-order valence-electron chi connectivity index (χ4n) is 3.58. The van der Waals surface area contributed by atoms with Gasteiger partial charge in [0.25, 0.3) is 0 Å². The van der Waals surface area contributed by atoms with Gasteiger partial charge in [0.15, 0.2) is 0 Å². The molecule has 1 fully saturated rings. The maximum atomic E-state index is 13.3. The van der Waals surface area contributed by atoms with Crippen LogP contribution < -0.4 is 5.32 Å². The molecule has 1 heterocycles. The predicted molar refractivity (Wildman–Crippen MR) is 105 cm³/mol. The second-order valence-corrected chi connectivity index (χ2v) is 8.14. The highest BCUT2D eigenvalue weighted by Gasteiger charge is 2.32. The molecule has 4 heteroatoms. The lowest BCUT2D eigenvalue weighted by atomic mass is 9.86. The molecule has 0 aromatic heterocycles. The van der Waals surface area contributed by atoms with Crippen molar-refractivity contribution in [1.82, 2.24) is 15.1 Å². The van der Waals surface area contributed by atoms with Gasteiger partial charge in [-0.25, -0.2) is 0 Å². The second kappa shape index (κ2) is 8.33. The number of hydrogen-bond donors (Lipinski definition) is 1. The van der Waals surface area contributed by atoms with Crippen LogP contribution in [0.5, 0.6) is 0 Å². The van der Waals surface area contributed by atoms with Crippen molar-refractivity contribution in [2.24, 2.45) is 0 Å². The van der Waals surface area contributed by atoms with Gasteiger partial charge in [-0.3, -0.25) is 9.69 Å². The van der Waals surface area contributed by atoms with E-state index >= 15 is 0 Å². The summed E-state index contributed by atoms with van der Waals surface area (Å²) in [6, 6.07) is 8.90. The van der Waals surface area contributed by atoms with Gasteiger partial charge in [-0.15, -0.1) is 0 Å². The fourth-order valence-corrected chi connectivity index (χ4v) is 3.58. The Labute approximate surface area is 153 Å². The molecule has 1 saturated heterocycles. The monoisotopic (exact) mass is 345 g/mol. The van der Waals surface area contributed by atoms with Gasteiger partial charge >= 0.3 is 0 Å². The van der Waals surface area contributed by atoms with Gasteiger partial charge in [-0.1, -0.05) is 45.0 Å². The van der Waals surface area contributed by atoms with Crippen LogP contribution in [0.25, 0.3) is 0 Å². The summed E-state index contributed by atoms with van der Waals surface area (Å²) in [5, 5.41) is 3.48. The van der Waals surface area contributed by atoms with E-state index in [1.54, 1.807) is 0 Å². The van der Waals surface area contributed by atoms with Crippen molar-refractivity contribution in [2.45, 2.75) is 59.0 Å². The summed E-state index contributed by atoms with van der Waals surface area (Å²) in [6.07, 6.45) is 0. The van der Waals surface area contributed by atoms with Crippen molar-refractivity contribution in [3.8, 4) is 0 Å². The number of hydrogen-bond acceptors (Lipinski definition) is 3. The van der Waals surface area contributed by atoms with Gasteiger partial charge < -0.3 is 10.2 Å². The van der Waals surface area contributed by atoms with Gasteiger partial charge in [-0.2, -0.15) is 0 Å².